The molecule has 16 heavy (non-hydrogen) atoms. The normalized spacial score (nSPS) is 9.50. The second kappa shape index (κ2) is 5.35. The van der Waals surface area contributed by atoms with Crippen molar-refractivity contribution in [1.29, 1.82) is 0 Å². The van der Waals surface area contributed by atoms with E-state index in [4.69, 9.17) is 5.73 Å². The number of nitrogens with zero attached hydrogens (tertiary/aromatic N) is 2. The highest BCUT2D eigenvalue weighted by Crippen LogP contribution is 2.18. The van der Waals surface area contributed by atoms with Gasteiger partial charge in [-0.05, 0) is 26.0 Å². The van der Waals surface area contributed by atoms with Gasteiger partial charge in [-0.25, -0.2) is 4.68 Å². The Labute approximate surface area is 96.9 Å². The van der Waals surface area contributed by atoms with Gasteiger partial charge in [-0.1, -0.05) is 32.0 Å². The minimum absolute atomic E-state index is 0.716. The summed E-state index contributed by atoms with van der Waals surface area (Å²) < 4.78 is 1.77. The van der Waals surface area contributed by atoms with Crippen molar-refractivity contribution in [3.8, 4) is 5.69 Å². The number of anilines is 1. The van der Waals surface area contributed by atoms with Gasteiger partial charge in [0.2, 0.25) is 0 Å². The molecule has 3 heteroatoms. The Balaban J connectivity index is 0.000000606. The summed E-state index contributed by atoms with van der Waals surface area (Å²) in [6.07, 6.45) is 0. The highest BCUT2D eigenvalue weighted by Gasteiger charge is 2.08. The van der Waals surface area contributed by atoms with Gasteiger partial charge in [-0.15, -0.1) is 0 Å². The molecule has 0 bridgehead atoms. The van der Waals surface area contributed by atoms with Crippen molar-refractivity contribution in [2.24, 2.45) is 0 Å². The fourth-order valence-corrected chi connectivity index (χ4v) is 1.39. The zero-order chi connectivity index (χ0) is 12.1. The molecule has 0 atom stereocenters. The molecular weight excluding hydrogens is 198 g/mol. The molecule has 1 aromatic carbocycles. The Kier molecular flexibility index (Phi) is 4.11. The van der Waals surface area contributed by atoms with Crippen LogP contribution in [0.1, 0.15) is 25.1 Å². The summed E-state index contributed by atoms with van der Waals surface area (Å²) >= 11 is 0. The molecule has 0 spiro atoms. The highest BCUT2D eigenvalue weighted by molar-refractivity contribution is 5.48. The van der Waals surface area contributed by atoms with E-state index in [0.29, 0.717) is 5.82 Å². The number of benzene rings is 1. The van der Waals surface area contributed by atoms with E-state index in [0.717, 1.165) is 16.9 Å². The van der Waals surface area contributed by atoms with Crippen LogP contribution in [0.2, 0.25) is 0 Å². The van der Waals surface area contributed by atoms with Crippen LogP contribution in [-0.4, -0.2) is 9.78 Å². The smallest absolute Gasteiger partial charge is 0.130 e. The number of nitrogen functional groups attached to an aromatic ring is 1. The van der Waals surface area contributed by atoms with Crippen molar-refractivity contribution >= 4 is 5.82 Å². The monoisotopic (exact) mass is 217 g/mol. The van der Waals surface area contributed by atoms with Gasteiger partial charge < -0.3 is 5.73 Å². The summed E-state index contributed by atoms with van der Waals surface area (Å²) in [5.74, 6) is 0.716. The molecule has 0 saturated carbocycles. The molecule has 0 unspecified atom stereocenters. The van der Waals surface area contributed by atoms with E-state index >= 15 is 0 Å². The minimum Gasteiger partial charge on any atom is -0.383 e. The van der Waals surface area contributed by atoms with Crippen molar-refractivity contribution in [1.82, 2.24) is 9.78 Å². The number of para-hydroxylation sites is 1. The predicted octanol–water partition coefficient (Wildman–Crippen LogP) is 3.10. The van der Waals surface area contributed by atoms with Crippen LogP contribution in [0.3, 0.4) is 0 Å². The summed E-state index contributed by atoms with van der Waals surface area (Å²) in [4.78, 5) is 0. The number of hydrogen-bond acceptors (Lipinski definition) is 2. The Morgan fingerprint density at radius 2 is 1.62 bits per heavy atom. The third kappa shape index (κ3) is 2.24. The Hall–Kier alpha value is -1.77. The SMILES string of the molecule is CC.Cc1nn(-c2ccccc2)c(N)c1C. The third-order valence-electron chi connectivity index (χ3n) is 2.41. The standard InChI is InChI=1S/C11H13N3.C2H6/c1-8-9(2)13-14(11(8)12)10-6-4-3-5-7-10;1-2/h3-7H,12H2,1-2H3;1-2H3. The minimum atomic E-state index is 0.716. The van der Waals surface area contributed by atoms with Crippen LogP contribution in [0, 0.1) is 13.8 Å². The largest absolute Gasteiger partial charge is 0.383 e. The van der Waals surface area contributed by atoms with Crippen LogP contribution in [0.15, 0.2) is 30.3 Å². The van der Waals surface area contributed by atoms with E-state index in [-0.39, 0.29) is 0 Å². The first-order chi connectivity index (χ1) is 7.70. The van der Waals surface area contributed by atoms with E-state index < -0.39 is 0 Å². The second-order valence-electron chi connectivity index (χ2n) is 3.34. The molecule has 86 valence electrons. The first-order valence-electron chi connectivity index (χ1n) is 5.57. The first-order valence-corrected chi connectivity index (χ1v) is 5.57. The lowest BCUT2D eigenvalue weighted by Gasteiger charge is -2.02. The fourth-order valence-electron chi connectivity index (χ4n) is 1.39. The molecule has 2 N–H and O–H groups in total. The third-order valence-corrected chi connectivity index (χ3v) is 2.41. The summed E-state index contributed by atoms with van der Waals surface area (Å²) in [5.41, 5.74) is 8.96. The zero-order valence-electron chi connectivity index (χ0n) is 10.4. The summed E-state index contributed by atoms with van der Waals surface area (Å²) in [6, 6.07) is 9.90. The van der Waals surface area contributed by atoms with Gasteiger partial charge in [0.15, 0.2) is 0 Å². The fraction of sp³-hybridized carbons (Fsp3) is 0.308. The van der Waals surface area contributed by atoms with E-state index in [1.54, 1.807) is 4.68 Å². The van der Waals surface area contributed by atoms with Crippen molar-refractivity contribution in [2.45, 2.75) is 27.7 Å². The predicted molar refractivity (Wildman–Crippen MR) is 68.8 cm³/mol. The van der Waals surface area contributed by atoms with Gasteiger partial charge in [-0.2, -0.15) is 5.10 Å². The molecule has 0 fully saturated rings. The van der Waals surface area contributed by atoms with Gasteiger partial charge in [0.05, 0.1) is 11.4 Å². The molecule has 0 amide bonds. The van der Waals surface area contributed by atoms with Crippen LogP contribution in [0.25, 0.3) is 5.69 Å². The van der Waals surface area contributed by atoms with Gasteiger partial charge in [0, 0.05) is 5.56 Å². The van der Waals surface area contributed by atoms with E-state index in [1.165, 1.54) is 0 Å². The number of aromatic nitrogens is 2. The molecule has 0 aliphatic carbocycles. The van der Waals surface area contributed by atoms with Crippen molar-refractivity contribution in [2.75, 3.05) is 5.73 Å². The Morgan fingerprint density at radius 3 is 2.06 bits per heavy atom. The van der Waals surface area contributed by atoms with Gasteiger partial charge >= 0.3 is 0 Å². The van der Waals surface area contributed by atoms with Crippen molar-refractivity contribution in [3.05, 3.63) is 41.6 Å². The molecule has 0 radical (unpaired) electrons. The van der Waals surface area contributed by atoms with Crippen LogP contribution < -0.4 is 5.73 Å². The molecule has 0 aliphatic rings. The molecule has 0 aliphatic heterocycles. The topological polar surface area (TPSA) is 43.8 Å². The molecule has 2 rings (SSSR count). The van der Waals surface area contributed by atoms with E-state index in [1.807, 2.05) is 58.0 Å². The van der Waals surface area contributed by atoms with Crippen LogP contribution in [-0.2, 0) is 0 Å². The quantitative estimate of drug-likeness (QED) is 0.797. The van der Waals surface area contributed by atoms with Gasteiger partial charge in [0.1, 0.15) is 5.82 Å². The molecule has 1 aromatic heterocycles. The number of nitrogens with two attached hydrogens (primary N) is 1. The number of hydrogen-bond donors (Lipinski definition) is 1. The summed E-state index contributed by atoms with van der Waals surface area (Å²) in [7, 11) is 0. The lowest BCUT2D eigenvalue weighted by atomic mass is 10.3. The second-order valence-corrected chi connectivity index (χ2v) is 3.34. The van der Waals surface area contributed by atoms with E-state index in [2.05, 4.69) is 5.10 Å². The van der Waals surface area contributed by atoms with E-state index in [9.17, 15) is 0 Å². The number of rotatable bonds is 1. The summed E-state index contributed by atoms with van der Waals surface area (Å²) in [6.45, 7) is 7.95. The Bertz CT molecular complexity index is 444. The van der Waals surface area contributed by atoms with Gasteiger partial charge in [-0.3, -0.25) is 0 Å². The van der Waals surface area contributed by atoms with Crippen molar-refractivity contribution in [3.63, 3.8) is 0 Å². The van der Waals surface area contributed by atoms with Gasteiger partial charge in [0.25, 0.3) is 0 Å². The van der Waals surface area contributed by atoms with Crippen molar-refractivity contribution < 1.29 is 0 Å². The van der Waals surface area contributed by atoms with Crippen LogP contribution >= 0.6 is 0 Å². The molecule has 1 heterocycles. The first kappa shape index (κ1) is 12.3. The van der Waals surface area contributed by atoms with Crippen LogP contribution in [0.5, 0.6) is 0 Å². The molecule has 3 nitrogen and oxygen atoms in total. The molecule has 0 saturated heterocycles. The lowest BCUT2D eigenvalue weighted by Crippen LogP contribution is -2.01. The maximum absolute atomic E-state index is 5.94. The molecule has 2 aromatic rings. The highest BCUT2D eigenvalue weighted by atomic mass is 15.3. The summed E-state index contributed by atoms with van der Waals surface area (Å²) in [5, 5.41) is 4.37. The Morgan fingerprint density at radius 1 is 1.06 bits per heavy atom. The average molecular weight is 217 g/mol. The maximum Gasteiger partial charge on any atom is 0.130 e. The number of aryl methyl sites for hydroxylation is 1. The zero-order valence-corrected chi connectivity index (χ0v) is 10.4. The van der Waals surface area contributed by atoms with Crippen LogP contribution in [0.4, 0.5) is 5.82 Å². The maximum atomic E-state index is 5.94. The lowest BCUT2D eigenvalue weighted by molar-refractivity contribution is 0.872. The average Bonchev–Trinajstić information content (AvgIpc) is 2.61. The molecular formula is C13H19N3.